The topological polar surface area (TPSA) is 62.1 Å². The summed E-state index contributed by atoms with van der Waals surface area (Å²) in [5, 5.41) is 11.8. The molecule has 0 spiro atoms. The third kappa shape index (κ3) is 4.08. The van der Waals surface area contributed by atoms with E-state index in [1.807, 2.05) is 60.7 Å². The molecule has 0 aromatic heterocycles. The number of hydrogen-bond acceptors (Lipinski definition) is 3. The molecule has 1 atom stereocenters. The maximum atomic E-state index is 12.5. The van der Waals surface area contributed by atoms with E-state index in [1.54, 1.807) is 31.2 Å². The summed E-state index contributed by atoms with van der Waals surface area (Å²) in [7, 11) is 0. The maximum Gasteiger partial charge on any atom is 0.265 e. The van der Waals surface area contributed by atoms with Gasteiger partial charge in [-0.15, -0.1) is 0 Å². The second-order valence-electron chi connectivity index (χ2n) is 5.80. The van der Waals surface area contributed by atoms with Gasteiger partial charge in [0.1, 0.15) is 5.75 Å². The molecule has 3 aromatic rings. The third-order valence-corrected chi connectivity index (χ3v) is 3.94. The van der Waals surface area contributed by atoms with Crippen molar-refractivity contribution in [3.05, 3.63) is 84.4 Å². The van der Waals surface area contributed by atoms with Crippen molar-refractivity contribution in [2.45, 2.75) is 13.0 Å². The normalized spacial score (nSPS) is 11.2. The molecule has 0 heterocycles. The summed E-state index contributed by atoms with van der Waals surface area (Å²) in [6, 6.07) is 26.3. The van der Waals surface area contributed by atoms with Gasteiger partial charge >= 0.3 is 0 Å². The number of nitriles is 1. The van der Waals surface area contributed by atoms with Gasteiger partial charge in [0.2, 0.25) is 0 Å². The first-order valence-corrected chi connectivity index (χ1v) is 8.29. The number of hydrogen-bond donors (Lipinski definition) is 1. The van der Waals surface area contributed by atoms with E-state index < -0.39 is 6.10 Å². The minimum atomic E-state index is -0.674. The van der Waals surface area contributed by atoms with Crippen molar-refractivity contribution in [3.8, 4) is 22.9 Å². The van der Waals surface area contributed by atoms with E-state index in [-0.39, 0.29) is 5.91 Å². The lowest BCUT2D eigenvalue weighted by molar-refractivity contribution is -0.122. The monoisotopic (exact) mass is 342 g/mol. The lowest BCUT2D eigenvalue weighted by Gasteiger charge is -2.16. The Balaban J connectivity index is 1.72. The van der Waals surface area contributed by atoms with E-state index >= 15 is 0 Å². The molecular weight excluding hydrogens is 324 g/mol. The van der Waals surface area contributed by atoms with E-state index in [0.717, 1.165) is 16.8 Å². The van der Waals surface area contributed by atoms with Crippen LogP contribution in [0.5, 0.6) is 5.75 Å². The lowest BCUT2D eigenvalue weighted by Crippen LogP contribution is -2.30. The second kappa shape index (κ2) is 8.00. The van der Waals surface area contributed by atoms with E-state index in [4.69, 9.17) is 10.00 Å². The summed E-state index contributed by atoms with van der Waals surface area (Å²) >= 11 is 0. The highest BCUT2D eigenvalue weighted by atomic mass is 16.5. The molecule has 128 valence electrons. The average Bonchev–Trinajstić information content (AvgIpc) is 2.69. The molecule has 0 radical (unpaired) electrons. The zero-order valence-corrected chi connectivity index (χ0v) is 14.3. The standard InChI is InChI=1S/C22H18N2O2/c1-16(26-19-13-11-17(15-23)12-14-19)22(25)24-21-10-6-5-9-20(21)18-7-3-2-4-8-18/h2-14,16H,1H3,(H,24,25)/t16-/m1/s1. The predicted molar refractivity (Wildman–Crippen MR) is 102 cm³/mol. The first-order chi connectivity index (χ1) is 12.7. The van der Waals surface area contributed by atoms with Crippen LogP contribution in [0.3, 0.4) is 0 Å². The Bertz CT molecular complexity index is 928. The van der Waals surface area contributed by atoms with Crippen molar-refractivity contribution in [1.29, 1.82) is 5.26 Å². The molecule has 0 aliphatic rings. The van der Waals surface area contributed by atoms with Crippen molar-refractivity contribution in [1.82, 2.24) is 0 Å². The fourth-order valence-corrected chi connectivity index (χ4v) is 2.56. The molecule has 0 aliphatic carbocycles. The van der Waals surface area contributed by atoms with Crippen LogP contribution >= 0.6 is 0 Å². The Morgan fingerprint density at radius 2 is 1.62 bits per heavy atom. The third-order valence-electron chi connectivity index (χ3n) is 3.94. The molecule has 1 N–H and O–H groups in total. The number of rotatable bonds is 5. The van der Waals surface area contributed by atoms with Gasteiger partial charge < -0.3 is 10.1 Å². The lowest BCUT2D eigenvalue weighted by atomic mass is 10.0. The van der Waals surface area contributed by atoms with Gasteiger partial charge in [-0.25, -0.2) is 0 Å². The summed E-state index contributed by atoms with van der Waals surface area (Å²) in [4.78, 5) is 12.5. The van der Waals surface area contributed by atoms with Crippen molar-refractivity contribution < 1.29 is 9.53 Å². The van der Waals surface area contributed by atoms with Crippen LogP contribution in [0, 0.1) is 11.3 Å². The fourth-order valence-electron chi connectivity index (χ4n) is 2.56. The second-order valence-corrected chi connectivity index (χ2v) is 5.80. The van der Waals surface area contributed by atoms with Crippen LogP contribution in [0.2, 0.25) is 0 Å². The van der Waals surface area contributed by atoms with Crippen LogP contribution in [0.15, 0.2) is 78.9 Å². The molecule has 4 heteroatoms. The first kappa shape index (κ1) is 17.2. The molecule has 3 rings (SSSR count). The number of anilines is 1. The van der Waals surface area contributed by atoms with Gasteiger partial charge in [-0.3, -0.25) is 4.79 Å². The fraction of sp³-hybridized carbons (Fsp3) is 0.0909. The molecule has 1 amide bonds. The molecule has 0 bridgehead atoms. The number of carbonyl (C=O) groups excluding carboxylic acids is 1. The quantitative estimate of drug-likeness (QED) is 0.735. The Morgan fingerprint density at radius 1 is 0.962 bits per heavy atom. The smallest absolute Gasteiger partial charge is 0.265 e. The van der Waals surface area contributed by atoms with E-state index in [1.165, 1.54) is 0 Å². The Morgan fingerprint density at radius 3 is 2.31 bits per heavy atom. The van der Waals surface area contributed by atoms with E-state index in [0.29, 0.717) is 11.3 Å². The summed E-state index contributed by atoms with van der Waals surface area (Å²) in [6.45, 7) is 1.69. The number of amides is 1. The molecule has 0 aliphatic heterocycles. The Labute approximate surface area is 152 Å². The molecule has 26 heavy (non-hydrogen) atoms. The number of para-hydroxylation sites is 1. The van der Waals surface area contributed by atoms with Gasteiger partial charge in [-0.05, 0) is 42.8 Å². The molecule has 0 saturated carbocycles. The number of ether oxygens (including phenoxy) is 1. The van der Waals surface area contributed by atoms with Gasteiger partial charge in [0.25, 0.3) is 5.91 Å². The van der Waals surface area contributed by atoms with Gasteiger partial charge in [-0.1, -0.05) is 48.5 Å². The van der Waals surface area contributed by atoms with Gasteiger partial charge in [0.15, 0.2) is 6.10 Å². The molecular formula is C22H18N2O2. The van der Waals surface area contributed by atoms with Crippen LogP contribution in [0.1, 0.15) is 12.5 Å². The maximum absolute atomic E-state index is 12.5. The van der Waals surface area contributed by atoms with Gasteiger partial charge in [-0.2, -0.15) is 5.26 Å². The molecule has 0 unspecified atom stereocenters. The highest BCUT2D eigenvalue weighted by molar-refractivity contribution is 5.98. The van der Waals surface area contributed by atoms with E-state index in [2.05, 4.69) is 5.32 Å². The first-order valence-electron chi connectivity index (χ1n) is 8.29. The van der Waals surface area contributed by atoms with E-state index in [9.17, 15) is 4.79 Å². The van der Waals surface area contributed by atoms with Crippen LogP contribution in [-0.2, 0) is 4.79 Å². The van der Waals surface area contributed by atoms with Crippen molar-refractivity contribution >= 4 is 11.6 Å². The summed E-state index contributed by atoms with van der Waals surface area (Å²) in [5.41, 5.74) is 3.27. The zero-order valence-electron chi connectivity index (χ0n) is 14.3. The summed E-state index contributed by atoms with van der Waals surface area (Å²) < 4.78 is 5.67. The Hall–Kier alpha value is -3.58. The number of nitrogens with zero attached hydrogens (tertiary/aromatic N) is 1. The van der Waals surface area contributed by atoms with Gasteiger partial charge in [0.05, 0.1) is 11.6 Å². The van der Waals surface area contributed by atoms with Crippen molar-refractivity contribution in [3.63, 3.8) is 0 Å². The largest absolute Gasteiger partial charge is 0.481 e. The number of carbonyl (C=O) groups is 1. The van der Waals surface area contributed by atoms with Crippen LogP contribution in [0.4, 0.5) is 5.69 Å². The van der Waals surface area contributed by atoms with Crippen LogP contribution in [-0.4, -0.2) is 12.0 Å². The summed E-state index contributed by atoms with van der Waals surface area (Å²) in [6.07, 6.45) is -0.674. The molecule has 3 aromatic carbocycles. The Kier molecular flexibility index (Phi) is 5.31. The SMILES string of the molecule is C[C@@H](Oc1ccc(C#N)cc1)C(=O)Nc1ccccc1-c1ccccc1. The van der Waals surface area contributed by atoms with Crippen molar-refractivity contribution in [2.24, 2.45) is 0 Å². The number of benzene rings is 3. The zero-order chi connectivity index (χ0) is 18.4. The predicted octanol–water partition coefficient (Wildman–Crippen LogP) is 4.63. The van der Waals surface area contributed by atoms with Crippen LogP contribution in [0.25, 0.3) is 11.1 Å². The minimum absolute atomic E-state index is 0.238. The van der Waals surface area contributed by atoms with Gasteiger partial charge in [0, 0.05) is 11.3 Å². The van der Waals surface area contributed by atoms with Crippen molar-refractivity contribution in [2.75, 3.05) is 5.32 Å². The highest BCUT2D eigenvalue weighted by Crippen LogP contribution is 2.27. The molecule has 0 fully saturated rings. The minimum Gasteiger partial charge on any atom is -0.481 e. The number of nitrogens with one attached hydrogen (secondary N) is 1. The highest BCUT2D eigenvalue weighted by Gasteiger charge is 2.16. The molecule has 0 saturated heterocycles. The molecule has 4 nitrogen and oxygen atoms in total. The van der Waals surface area contributed by atoms with Crippen LogP contribution < -0.4 is 10.1 Å². The summed E-state index contributed by atoms with van der Waals surface area (Å²) in [5.74, 6) is 0.306. The average molecular weight is 342 g/mol.